The van der Waals surface area contributed by atoms with Crippen molar-refractivity contribution in [1.82, 2.24) is 19.9 Å². The van der Waals surface area contributed by atoms with Gasteiger partial charge in [-0.2, -0.15) is 5.26 Å². The van der Waals surface area contributed by atoms with E-state index in [1.165, 1.54) is 30.5 Å². The summed E-state index contributed by atoms with van der Waals surface area (Å²) in [5, 5.41) is 14.9. The fraction of sp³-hybridized carbons (Fsp3) is 0.429. The SMILES string of the molecule is CC1CC1C(=O)Nc1cnc(-c2cnc(C#N)c(N[C@H](C=O)CN(C)CC(F)F)c2)cn1. The Morgan fingerprint density at radius 3 is 2.62 bits per heavy atom. The summed E-state index contributed by atoms with van der Waals surface area (Å²) in [4.78, 5) is 37.4. The number of hydrogen-bond donors (Lipinski definition) is 2. The lowest BCUT2D eigenvalue weighted by Gasteiger charge is -2.22. The Morgan fingerprint density at radius 1 is 1.31 bits per heavy atom. The second kappa shape index (κ2) is 10.2. The number of aldehydes is 1. The van der Waals surface area contributed by atoms with Crippen LogP contribution in [0.15, 0.2) is 24.7 Å². The molecule has 1 saturated carbocycles. The van der Waals surface area contributed by atoms with Crippen LogP contribution < -0.4 is 10.6 Å². The molecular formula is C21H23F2N7O2. The van der Waals surface area contributed by atoms with Gasteiger partial charge in [-0.3, -0.25) is 14.7 Å². The summed E-state index contributed by atoms with van der Waals surface area (Å²) in [5.41, 5.74) is 1.29. The van der Waals surface area contributed by atoms with Crippen molar-refractivity contribution in [2.24, 2.45) is 11.8 Å². The minimum absolute atomic E-state index is 0.0124. The lowest BCUT2D eigenvalue weighted by Crippen LogP contribution is -2.38. The van der Waals surface area contributed by atoms with Gasteiger partial charge in [-0.05, 0) is 25.5 Å². The molecule has 0 bridgehead atoms. The van der Waals surface area contributed by atoms with Crippen LogP contribution in [-0.2, 0) is 9.59 Å². The molecule has 1 aliphatic rings. The molecule has 0 aliphatic heterocycles. The normalized spacial score (nSPS) is 18.2. The van der Waals surface area contributed by atoms with Crippen LogP contribution in [0.3, 0.4) is 0 Å². The third-order valence-corrected chi connectivity index (χ3v) is 5.10. The highest BCUT2D eigenvalue weighted by atomic mass is 19.3. The van der Waals surface area contributed by atoms with Crippen LogP contribution in [0.5, 0.6) is 0 Å². The molecule has 168 valence electrons. The van der Waals surface area contributed by atoms with Crippen molar-refractivity contribution in [2.45, 2.75) is 25.8 Å². The molecule has 2 N–H and O–H groups in total. The van der Waals surface area contributed by atoms with Crippen molar-refractivity contribution in [3.8, 4) is 17.3 Å². The van der Waals surface area contributed by atoms with Crippen LogP contribution in [-0.4, -0.2) is 64.6 Å². The Hall–Kier alpha value is -3.52. The third kappa shape index (κ3) is 6.01. The summed E-state index contributed by atoms with van der Waals surface area (Å²) in [6.07, 6.45) is 3.27. The average molecular weight is 443 g/mol. The maximum absolute atomic E-state index is 12.5. The zero-order valence-electron chi connectivity index (χ0n) is 17.6. The van der Waals surface area contributed by atoms with Crippen LogP contribution in [0.4, 0.5) is 20.3 Å². The Balaban J connectivity index is 1.73. The molecule has 2 unspecified atom stereocenters. The fourth-order valence-corrected chi connectivity index (χ4v) is 3.22. The summed E-state index contributed by atoms with van der Waals surface area (Å²) < 4.78 is 25.1. The van der Waals surface area contributed by atoms with Crippen LogP contribution in [0.25, 0.3) is 11.3 Å². The van der Waals surface area contributed by atoms with Crippen molar-refractivity contribution < 1.29 is 18.4 Å². The van der Waals surface area contributed by atoms with Gasteiger partial charge < -0.3 is 15.4 Å². The van der Waals surface area contributed by atoms with E-state index in [-0.39, 0.29) is 29.8 Å². The van der Waals surface area contributed by atoms with Gasteiger partial charge in [0, 0.05) is 24.2 Å². The van der Waals surface area contributed by atoms with Gasteiger partial charge in [-0.25, -0.2) is 18.7 Å². The minimum Gasteiger partial charge on any atom is -0.372 e. The van der Waals surface area contributed by atoms with Gasteiger partial charge >= 0.3 is 0 Å². The second-order valence-electron chi connectivity index (χ2n) is 7.83. The van der Waals surface area contributed by atoms with Gasteiger partial charge in [0.15, 0.2) is 11.5 Å². The highest BCUT2D eigenvalue weighted by molar-refractivity contribution is 5.93. The van der Waals surface area contributed by atoms with Crippen molar-refractivity contribution >= 4 is 23.7 Å². The van der Waals surface area contributed by atoms with Gasteiger partial charge in [0.25, 0.3) is 6.43 Å². The molecule has 1 fully saturated rings. The average Bonchev–Trinajstić information content (AvgIpc) is 3.50. The molecule has 0 saturated heterocycles. The summed E-state index contributed by atoms with van der Waals surface area (Å²) in [5.74, 6) is 0.644. The number of amides is 1. The van der Waals surface area contributed by atoms with Crippen LogP contribution in [0, 0.1) is 23.2 Å². The molecule has 3 atom stereocenters. The van der Waals surface area contributed by atoms with E-state index in [1.807, 2.05) is 13.0 Å². The first-order chi connectivity index (χ1) is 15.3. The molecule has 11 heteroatoms. The number of nitrogens with one attached hydrogen (secondary N) is 2. The van der Waals surface area contributed by atoms with Gasteiger partial charge in [0.2, 0.25) is 5.91 Å². The first-order valence-electron chi connectivity index (χ1n) is 10.0. The lowest BCUT2D eigenvalue weighted by molar-refractivity contribution is -0.117. The number of nitriles is 1. The first kappa shape index (κ1) is 23.1. The first-order valence-corrected chi connectivity index (χ1v) is 10.0. The summed E-state index contributed by atoms with van der Waals surface area (Å²) in [7, 11) is 1.48. The monoisotopic (exact) mass is 443 g/mol. The van der Waals surface area contributed by atoms with Crippen LogP contribution >= 0.6 is 0 Å². The maximum Gasteiger partial charge on any atom is 0.251 e. The van der Waals surface area contributed by atoms with Crippen molar-refractivity contribution in [3.05, 3.63) is 30.4 Å². The van der Waals surface area contributed by atoms with E-state index in [1.54, 1.807) is 6.07 Å². The summed E-state index contributed by atoms with van der Waals surface area (Å²) in [6.45, 7) is 1.55. The van der Waals surface area contributed by atoms with E-state index in [9.17, 15) is 23.6 Å². The number of aromatic nitrogens is 3. The van der Waals surface area contributed by atoms with Gasteiger partial charge in [0.1, 0.15) is 12.4 Å². The predicted molar refractivity (Wildman–Crippen MR) is 113 cm³/mol. The van der Waals surface area contributed by atoms with Crippen molar-refractivity contribution in [1.29, 1.82) is 5.26 Å². The molecule has 0 aromatic carbocycles. The van der Waals surface area contributed by atoms with E-state index < -0.39 is 19.0 Å². The molecule has 2 aromatic heterocycles. The predicted octanol–water partition coefficient (Wildman–Crippen LogP) is 2.18. The molecule has 9 nitrogen and oxygen atoms in total. The van der Waals surface area contributed by atoms with Crippen molar-refractivity contribution in [3.63, 3.8) is 0 Å². The van der Waals surface area contributed by atoms with Crippen molar-refractivity contribution in [2.75, 3.05) is 30.8 Å². The molecule has 1 aliphatic carbocycles. The number of halogens is 2. The van der Waals surface area contributed by atoms with Gasteiger partial charge in [-0.1, -0.05) is 6.92 Å². The number of nitrogens with zero attached hydrogens (tertiary/aromatic N) is 5. The standard InChI is InChI=1S/C21H23F2N7O2/c1-12-3-15(12)21(32)29-20-8-26-18(7-27-20)13-4-16(17(5-24)25-6-13)28-14(11-31)9-30(2)10-19(22)23/h4,6-8,11-12,14-15,19,28H,3,9-10H2,1-2H3,(H,27,29,32)/t12?,14-,15?/m0/s1. The summed E-state index contributed by atoms with van der Waals surface area (Å²) in [6, 6.07) is 2.70. The van der Waals surface area contributed by atoms with Gasteiger partial charge in [-0.15, -0.1) is 0 Å². The molecule has 2 heterocycles. The Labute approximate surface area is 183 Å². The maximum atomic E-state index is 12.5. The minimum atomic E-state index is -2.52. The zero-order valence-corrected chi connectivity index (χ0v) is 17.6. The molecule has 3 rings (SSSR count). The molecule has 0 radical (unpaired) electrons. The van der Waals surface area contributed by atoms with E-state index in [0.717, 1.165) is 6.42 Å². The summed E-state index contributed by atoms with van der Waals surface area (Å²) >= 11 is 0. The quantitative estimate of drug-likeness (QED) is 0.536. The number of likely N-dealkylation sites (N-methyl/N-ethyl adjacent to an activating group) is 1. The Kier molecular flexibility index (Phi) is 7.37. The highest BCUT2D eigenvalue weighted by Gasteiger charge is 2.39. The zero-order chi connectivity index (χ0) is 23.3. The van der Waals surface area contributed by atoms with E-state index in [2.05, 4.69) is 25.6 Å². The number of hydrogen-bond acceptors (Lipinski definition) is 8. The lowest BCUT2D eigenvalue weighted by atomic mass is 10.1. The smallest absolute Gasteiger partial charge is 0.251 e. The number of carbonyl (C=O) groups excluding carboxylic acids is 2. The third-order valence-electron chi connectivity index (χ3n) is 5.10. The van der Waals surface area contributed by atoms with E-state index >= 15 is 0 Å². The largest absolute Gasteiger partial charge is 0.372 e. The fourth-order valence-electron chi connectivity index (χ4n) is 3.22. The molecular weight excluding hydrogens is 420 g/mol. The van der Waals surface area contributed by atoms with E-state index in [4.69, 9.17) is 0 Å². The second-order valence-corrected chi connectivity index (χ2v) is 7.83. The molecule has 0 spiro atoms. The van der Waals surface area contributed by atoms with Crippen LogP contribution in [0.1, 0.15) is 19.0 Å². The number of alkyl halides is 2. The Morgan fingerprint density at radius 2 is 2.06 bits per heavy atom. The molecule has 1 amide bonds. The highest BCUT2D eigenvalue weighted by Crippen LogP contribution is 2.38. The molecule has 2 aromatic rings. The number of anilines is 2. The van der Waals surface area contributed by atoms with Gasteiger partial charge in [0.05, 0.1) is 36.4 Å². The van der Waals surface area contributed by atoms with Crippen LogP contribution in [0.2, 0.25) is 0 Å². The number of rotatable bonds is 10. The topological polar surface area (TPSA) is 124 Å². The van der Waals surface area contributed by atoms with E-state index in [0.29, 0.717) is 29.3 Å². The molecule has 32 heavy (non-hydrogen) atoms. The number of carbonyl (C=O) groups is 2. The Bertz CT molecular complexity index is 1010. The number of pyridine rings is 1.